The maximum Gasteiger partial charge on any atom is 0.156 e. The fourth-order valence-electron chi connectivity index (χ4n) is 4.17. The first-order valence-corrected chi connectivity index (χ1v) is 8.78. The summed E-state index contributed by atoms with van der Waals surface area (Å²) in [6, 6.07) is 6.80. The molecule has 0 spiro atoms. The van der Waals surface area contributed by atoms with Crippen LogP contribution in [0.5, 0.6) is 11.5 Å². The van der Waals surface area contributed by atoms with Gasteiger partial charge in [0.05, 0.1) is 24.6 Å². The molecule has 1 saturated heterocycles. The van der Waals surface area contributed by atoms with Crippen molar-refractivity contribution in [2.24, 2.45) is 11.8 Å². The monoisotopic (exact) mass is 341 g/mol. The average molecular weight is 341 g/mol. The lowest BCUT2D eigenvalue weighted by Gasteiger charge is -2.22. The Hall–Kier alpha value is -2.18. The topological polar surface area (TPSA) is 78.7 Å². The molecule has 1 saturated carbocycles. The van der Waals surface area contributed by atoms with Gasteiger partial charge in [0, 0.05) is 19.6 Å². The zero-order chi connectivity index (χ0) is 17.2. The molecule has 4 atom stereocenters. The summed E-state index contributed by atoms with van der Waals surface area (Å²) in [6.45, 7) is 2.64. The van der Waals surface area contributed by atoms with Gasteiger partial charge in [0.15, 0.2) is 5.75 Å². The number of phenols is 1. The molecule has 1 aliphatic carbocycles. The second-order valence-electron chi connectivity index (χ2n) is 7.13. The first-order valence-electron chi connectivity index (χ1n) is 8.78. The van der Waals surface area contributed by atoms with Crippen molar-refractivity contribution in [2.45, 2.75) is 25.0 Å². The van der Waals surface area contributed by atoms with E-state index in [-0.39, 0.29) is 11.9 Å². The number of β-amino-alcohol motifs (C(OH)–C–C–N with tert-alkyl or cyclic N) is 1. The molecular formula is C19H23N3O3. The molecule has 0 amide bonds. The van der Waals surface area contributed by atoms with Crippen LogP contribution >= 0.6 is 0 Å². The maximum absolute atomic E-state index is 10.4. The number of aliphatic hydroxyl groups is 1. The molecule has 6 heteroatoms. The molecule has 1 aliphatic heterocycles. The van der Waals surface area contributed by atoms with Crippen LogP contribution in [-0.2, 0) is 0 Å². The summed E-state index contributed by atoms with van der Waals surface area (Å²) in [5.74, 6) is 2.22. The summed E-state index contributed by atoms with van der Waals surface area (Å²) in [7, 11) is 0. The fourth-order valence-corrected chi connectivity index (χ4v) is 4.17. The van der Waals surface area contributed by atoms with Crippen molar-refractivity contribution in [3.05, 3.63) is 48.5 Å². The Balaban J connectivity index is 1.28. The highest BCUT2D eigenvalue weighted by Crippen LogP contribution is 2.40. The number of hydrogen-bond donors (Lipinski definition) is 2. The third kappa shape index (κ3) is 3.75. The van der Waals surface area contributed by atoms with Crippen LogP contribution in [0.15, 0.2) is 43.0 Å². The van der Waals surface area contributed by atoms with E-state index in [0.717, 1.165) is 37.2 Å². The van der Waals surface area contributed by atoms with Gasteiger partial charge in [-0.25, -0.2) is 9.97 Å². The van der Waals surface area contributed by atoms with E-state index >= 15 is 0 Å². The molecule has 25 heavy (non-hydrogen) atoms. The maximum atomic E-state index is 10.4. The van der Waals surface area contributed by atoms with Gasteiger partial charge < -0.3 is 14.9 Å². The summed E-state index contributed by atoms with van der Waals surface area (Å²) in [6.07, 6.45) is 6.74. The van der Waals surface area contributed by atoms with E-state index in [1.165, 1.54) is 6.33 Å². The number of hydrogen-bond acceptors (Lipinski definition) is 6. The van der Waals surface area contributed by atoms with Crippen LogP contribution < -0.4 is 4.74 Å². The number of nitrogens with zero attached hydrogens (tertiary/aromatic N) is 3. The number of phenolic OH excluding ortho intramolecular Hbond substituents is 1. The second-order valence-corrected chi connectivity index (χ2v) is 7.13. The minimum Gasteiger partial charge on any atom is -0.508 e. The number of benzene rings is 1. The molecule has 6 nitrogen and oxygen atoms in total. The number of rotatable bonds is 5. The number of aliphatic hydroxyl groups excluding tert-OH is 1. The molecule has 2 aromatic rings. The van der Waals surface area contributed by atoms with Crippen LogP contribution in [0.4, 0.5) is 0 Å². The van der Waals surface area contributed by atoms with Gasteiger partial charge in [0.1, 0.15) is 12.1 Å². The van der Waals surface area contributed by atoms with Crippen molar-refractivity contribution in [3.63, 3.8) is 0 Å². The summed E-state index contributed by atoms with van der Waals surface area (Å²) in [5.41, 5.74) is 0.847. The number of fused-ring (bicyclic) bond motifs is 1. The Morgan fingerprint density at radius 1 is 1.08 bits per heavy atom. The molecule has 132 valence electrons. The molecule has 2 heterocycles. The van der Waals surface area contributed by atoms with E-state index in [2.05, 4.69) is 14.9 Å². The van der Waals surface area contributed by atoms with Gasteiger partial charge >= 0.3 is 0 Å². The molecule has 4 rings (SSSR count). The van der Waals surface area contributed by atoms with Gasteiger partial charge in [-0.1, -0.05) is 12.1 Å². The Morgan fingerprint density at radius 3 is 2.36 bits per heavy atom. The highest BCUT2D eigenvalue weighted by atomic mass is 16.5. The minimum atomic E-state index is -0.520. The van der Waals surface area contributed by atoms with Gasteiger partial charge in [-0.3, -0.25) is 4.90 Å². The van der Waals surface area contributed by atoms with Crippen molar-refractivity contribution in [1.82, 2.24) is 14.9 Å². The van der Waals surface area contributed by atoms with Crippen molar-refractivity contribution < 1.29 is 14.9 Å². The summed E-state index contributed by atoms with van der Waals surface area (Å²) in [4.78, 5) is 10.3. The largest absolute Gasteiger partial charge is 0.508 e. The van der Waals surface area contributed by atoms with E-state index in [4.69, 9.17) is 4.74 Å². The van der Waals surface area contributed by atoms with Crippen LogP contribution in [0.2, 0.25) is 0 Å². The number of aromatic nitrogens is 2. The van der Waals surface area contributed by atoms with Gasteiger partial charge in [-0.15, -0.1) is 0 Å². The van der Waals surface area contributed by atoms with Crippen LogP contribution in [0.1, 0.15) is 24.5 Å². The van der Waals surface area contributed by atoms with Crippen LogP contribution in [0.25, 0.3) is 0 Å². The van der Waals surface area contributed by atoms with E-state index in [0.29, 0.717) is 18.4 Å². The molecule has 1 aromatic heterocycles. The van der Waals surface area contributed by atoms with Crippen molar-refractivity contribution in [3.8, 4) is 11.5 Å². The number of likely N-dealkylation sites (tertiary alicyclic amines) is 1. The van der Waals surface area contributed by atoms with Crippen LogP contribution in [0.3, 0.4) is 0 Å². The molecular weight excluding hydrogens is 318 g/mol. The van der Waals surface area contributed by atoms with Crippen molar-refractivity contribution >= 4 is 0 Å². The predicted octanol–water partition coefficient (Wildman–Crippen LogP) is 2.00. The highest BCUT2D eigenvalue weighted by molar-refractivity contribution is 5.27. The quantitative estimate of drug-likeness (QED) is 0.866. The Bertz CT molecular complexity index is 681. The summed E-state index contributed by atoms with van der Waals surface area (Å²) < 4.78 is 5.99. The zero-order valence-corrected chi connectivity index (χ0v) is 14.0. The van der Waals surface area contributed by atoms with Gasteiger partial charge in [0.25, 0.3) is 0 Å². The number of aromatic hydroxyl groups is 1. The Kier molecular flexibility index (Phi) is 4.55. The van der Waals surface area contributed by atoms with Crippen molar-refractivity contribution in [1.29, 1.82) is 0 Å². The lowest BCUT2D eigenvalue weighted by molar-refractivity contribution is 0.116. The Labute approximate surface area is 147 Å². The minimum absolute atomic E-state index is 0.224. The van der Waals surface area contributed by atoms with Gasteiger partial charge in [0.2, 0.25) is 0 Å². The first-order chi connectivity index (χ1) is 12.2. The van der Waals surface area contributed by atoms with Crippen LogP contribution in [0, 0.1) is 11.8 Å². The van der Waals surface area contributed by atoms with Gasteiger partial charge in [-0.2, -0.15) is 0 Å². The Morgan fingerprint density at radius 2 is 1.72 bits per heavy atom. The fraction of sp³-hybridized carbons (Fsp3) is 0.474. The lowest BCUT2D eigenvalue weighted by Crippen LogP contribution is -2.28. The summed E-state index contributed by atoms with van der Waals surface area (Å²) in [5, 5.41) is 19.8. The molecule has 2 N–H and O–H groups in total. The average Bonchev–Trinajstić information content (AvgIpc) is 3.14. The molecule has 1 unspecified atom stereocenters. The second kappa shape index (κ2) is 6.98. The molecule has 1 aromatic carbocycles. The third-order valence-electron chi connectivity index (χ3n) is 5.33. The lowest BCUT2D eigenvalue weighted by atomic mass is 10.0. The zero-order valence-electron chi connectivity index (χ0n) is 14.0. The summed E-state index contributed by atoms with van der Waals surface area (Å²) >= 11 is 0. The SMILES string of the molecule is Oc1ccc(C(O)CN2C[C@H]3C[C@@H](Oc4cncnc4)C[C@H]3C2)cc1. The number of ether oxygens (including phenoxy) is 1. The van der Waals surface area contributed by atoms with E-state index in [9.17, 15) is 10.2 Å². The molecule has 0 radical (unpaired) electrons. The third-order valence-corrected chi connectivity index (χ3v) is 5.33. The predicted molar refractivity (Wildman–Crippen MR) is 92.2 cm³/mol. The first kappa shape index (κ1) is 16.3. The smallest absolute Gasteiger partial charge is 0.156 e. The van der Waals surface area contributed by atoms with Crippen molar-refractivity contribution in [2.75, 3.05) is 19.6 Å². The van der Waals surface area contributed by atoms with Gasteiger partial charge in [-0.05, 0) is 42.4 Å². The highest BCUT2D eigenvalue weighted by Gasteiger charge is 2.42. The van der Waals surface area contributed by atoms with Crippen LogP contribution in [-0.4, -0.2) is 50.8 Å². The normalized spacial score (nSPS) is 27.2. The van der Waals surface area contributed by atoms with E-state index in [1.807, 2.05) is 0 Å². The van der Waals surface area contributed by atoms with E-state index < -0.39 is 6.10 Å². The van der Waals surface area contributed by atoms with E-state index in [1.54, 1.807) is 36.7 Å². The molecule has 0 bridgehead atoms. The molecule has 2 aliphatic rings. The standard InChI is InChI=1S/C19H23N3O3/c23-16-3-1-13(2-4-16)19(24)11-22-9-14-5-17(6-15(14)10-22)25-18-7-20-12-21-8-18/h1-4,7-8,12,14-15,17,19,23-24H,5-6,9-11H2/t14-,15+,17-,19?. The molecule has 2 fully saturated rings.